The van der Waals surface area contributed by atoms with Gasteiger partial charge in [-0.05, 0) is 36.0 Å². The predicted molar refractivity (Wildman–Crippen MR) is 101 cm³/mol. The van der Waals surface area contributed by atoms with Crippen LogP contribution in [0, 0.1) is 17.7 Å². The van der Waals surface area contributed by atoms with E-state index in [1.54, 1.807) is 0 Å². The fraction of sp³-hybridized carbons (Fsp3) is 0.333. The molecule has 160 valence electrons. The van der Waals surface area contributed by atoms with E-state index in [0.29, 0.717) is 12.0 Å². The number of benzene rings is 2. The van der Waals surface area contributed by atoms with Gasteiger partial charge in [-0.2, -0.15) is 13.2 Å². The zero-order chi connectivity index (χ0) is 21.9. The maximum atomic E-state index is 13.4. The third-order valence-electron chi connectivity index (χ3n) is 4.83. The van der Waals surface area contributed by atoms with Gasteiger partial charge in [0.1, 0.15) is 11.6 Å². The lowest BCUT2D eigenvalue weighted by atomic mass is 10.0. The second-order valence-electron chi connectivity index (χ2n) is 7.24. The quantitative estimate of drug-likeness (QED) is 0.539. The van der Waals surface area contributed by atoms with Crippen LogP contribution in [0.3, 0.4) is 0 Å². The number of amides is 2. The maximum absolute atomic E-state index is 13.4. The summed E-state index contributed by atoms with van der Waals surface area (Å²) in [5, 5.41) is 4.88. The molecule has 0 aromatic heterocycles. The van der Waals surface area contributed by atoms with Crippen LogP contribution in [-0.4, -0.2) is 24.6 Å². The molecule has 1 aliphatic rings. The van der Waals surface area contributed by atoms with Crippen molar-refractivity contribution in [2.24, 2.45) is 11.8 Å². The number of hydrogen-bond acceptors (Lipinski definition) is 3. The first-order chi connectivity index (χ1) is 14.1. The highest BCUT2D eigenvalue weighted by atomic mass is 19.4. The van der Waals surface area contributed by atoms with Gasteiger partial charge in [0.2, 0.25) is 0 Å². The second kappa shape index (κ2) is 8.73. The number of carbonyl (C=O) groups is 2. The fourth-order valence-electron chi connectivity index (χ4n) is 3.18. The number of halogens is 4. The molecule has 2 aromatic rings. The molecule has 1 fully saturated rings. The highest BCUT2D eigenvalue weighted by Gasteiger charge is 2.41. The van der Waals surface area contributed by atoms with Gasteiger partial charge in [-0.25, -0.2) is 4.39 Å². The summed E-state index contributed by atoms with van der Waals surface area (Å²) in [6, 6.07) is 11.5. The molecule has 3 rings (SSSR count). The van der Waals surface area contributed by atoms with E-state index in [4.69, 9.17) is 0 Å². The van der Waals surface area contributed by atoms with E-state index in [-0.39, 0.29) is 17.6 Å². The summed E-state index contributed by atoms with van der Waals surface area (Å²) in [5.74, 6) is -2.84. The standard InChI is InChI=1S/C21H20F4N2O3/c1-12-9-15(12)18(13-5-3-2-4-6-13)27-20(29)19(28)26-16-8-7-14(22)10-17(16)30-11-21(23,24)25/h2-8,10,12,15,18H,9,11H2,1H3,(H,26,28)(H,27,29). The van der Waals surface area contributed by atoms with Crippen molar-refractivity contribution < 1.29 is 31.9 Å². The van der Waals surface area contributed by atoms with Crippen molar-refractivity contribution in [2.45, 2.75) is 25.6 Å². The minimum atomic E-state index is -4.64. The van der Waals surface area contributed by atoms with Crippen LogP contribution in [-0.2, 0) is 9.59 Å². The Bertz CT molecular complexity index is 918. The average molecular weight is 424 g/mol. The lowest BCUT2D eigenvalue weighted by Crippen LogP contribution is -2.38. The van der Waals surface area contributed by atoms with E-state index < -0.39 is 36.2 Å². The zero-order valence-electron chi connectivity index (χ0n) is 16.0. The Balaban J connectivity index is 1.70. The Hall–Kier alpha value is -3.10. The van der Waals surface area contributed by atoms with Crippen molar-refractivity contribution in [1.82, 2.24) is 5.32 Å². The van der Waals surface area contributed by atoms with Gasteiger partial charge in [0.25, 0.3) is 0 Å². The molecule has 30 heavy (non-hydrogen) atoms. The molecule has 0 spiro atoms. The molecular weight excluding hydrogens is 404 g/mol. The Labute approximate surface area is 170 Å². The van der Waals surface area contributed by atoms with Crippen LogP contribution in [0.1, 0.15) is 24.9 Å². The Morgan fingerprint density at radius 1 is 1.13 bits per heavy atom. The average Bonchev–Trinajstić information content (AvgIpc) is 3.42. The molecule has 0 aliphatic heterocycles. The van der Waals surface area contributed by atoms with Crippen LogP contribution < -0.4 is 15.4 Å². The third kappa shape index (κ3) is 5.71. The maximum Gasteiger partial charge on any atom is 0.422 e. The van der Waals surface area contributed by atoms with Gasteiger partial charge >= 0.3 is 18.0 Å². The molecule has 2 aromatic carbocycles. The fourth-order valence-corrected chi connectivity index (χ4v) is 3.18. The predicted octanol–water partition coefficient (Wildman–Crippen LogP) is 4.22. The lowest BCUT2D eigenvalue weighted by molar-refractivity contribution is -0.153. The van der Waals surface area contributed by atoms with Crippen LogP contribution in [0.15, 0.2) is 48.5 Å². The van der Waals surface area contributed by atoms with E-state index in [9.17, 15) is 27.2 Å². The lowest BCUT2D eigenvalue weighted by Gasteiger charge is -2.19. The van der Waals surface area contributed by atoms with Gasteiger partial charge < -0.3 is 15.4 Å². The van der Waals surface area contributed by atoms with Crippen molar-refractivity contribution in [1.29, 1.82) is 0 Å². The SMILES string of the molecule is CC1CC1C(NC(=O)C(=O)Nc1ccc(F)cc1OCC(F)(F)F)c1ccccc1. The summed E-state index contributed by atoms with van der Waals surface area (Å²) >= 11 is 0. The highest BCUT2D eigenvalue weighted by molar-refractivity contribution is 6.39. The normalized spacial score (nSPS) is 19.0. The van der Waals surface area contributed by atoms with E-state index in [0.717, 1.165) is 24.1 Å². The van der Waals surface area contributed by atoms with Crippen LogP contribution in [0.2, 0.25) is 0 Å². The van der Waals surface area contributed by atoms with Gasteiger partial charge in [0.05, 0.1) is 11.7 Å². The van der Waals surface area contributed by atoms with Gasteiger partial charge in [-0.3, -0.25) is 9.59 Å². The molecule has 5 nitrogen and oxygen atoms in total. The van der Waals surface area contributed by atoms with Gasteiger partial charge in [-0.15, -0.1) is 0 Å². The van der Waals surface area contributed by atoms with Crippen molar-refractivity contribution in [3.8, 4) is 5.75 Å². The zero-order valence-corrected chi connectivity index (χ0v) is 16.0. The van der Waals surface area contributed by atoms with E-state index in [1.807, 2.05) is 37.3 Å². The molecule has 0 radical (unpaired) electrons. The summed E-state index contributed by atoms with van der Waals surface area (Å²) in [7, 11) is 0. The van der Waals surface area contributed by atoms with Crippen LogP contribution in [0.4, 0.5) is 23.2 Å². The molecule has 2 N–H and O–H groups in total. The molecule has 1 aliphatic carbocycles. The largest absolute Gasteiger partial charge is 0.482 e. The van der Waals surface area contributed by atoms with Crippen LogP contribution in [0.5, 0.6) is 5.75 Å². The monoisotopic (exact) mass is 424 g/mol. The first-order valence-electron chi connectivity index (χ1n) is 9.30. The Morgan fingerprint density at radius 3 is 2.40 bits per heavy atom. The smallest absolute Gasteiger partial charge is 0.422 e. The number of anilines is 1. The highest BCUT2D eigenvalue weighted by Crippen LogP contribution is 2.46. The van der Waals surface area contributed by atoms with Gasteiger partial charge in [-0.1, -0.05) is 37.3 Å². The molecule has 1 saturated carbocycles. The minimum Gasteiger partial charge on any atom is -0.482 e. The number of alkyl halides is 3. The molecule has 0 saturated heterocycles. The van der Waals surface area contributed by atoms with Gasteiger partial charge in [0.15, 0.2) is 6.61 Å². The molecule has 9 heteroatoms. The summed E-state index contributed by atoms with van der Waals surface area (Å²) in [6.07, 6.45) is -3.75. The number of carbonyl (C=O) groups excluding carboxylic acids is 2. The van der Waals surface area contributed by atoms with Crippen molar-refractivity contribution in [3.05, 3.63) is 59.9 Å². The molecule has 0 heterocycles. The van der Waals surface area contributed by atoms with Crippen molar-refractivity contribution >= 4 is 17.5 Å². The van der Waals surface area contributed by atoms with E-state index >= 15 is 0 Å². The minimum absolute atomic E-state index is 0.181. The van der Waals surface area contributed by atoms with E-state index in [2.05, 4.69) is 15.4 Å². The topological polar surface area (TPSA) is 67.4 Å². The number of hydrogen-bond donors (Lipinski definition) is 2. The molecule has 0 bridgehead atoms. The van der Waals surface area contributed by atoms with E-state index in [1.165, 1.54) is 0 Å². The summed E-state index contributed by atoms with van der Waals surface area (Å²) < 4.78 is 55.2. The summed E-state index contributed by atoms with van der Waals surface area (Å²) in [5.41, 5.74) is 0.612. The van der Waals surface area contributed by atoms with Gasteiger partial charge in [0, 0.05) is 6.07 Å². The molecule has 3 unspecified atom stereocenters. The van der Waals surface area contributed by atoms with Crippen LogP contribution >= 0.6 is 0 Å². The molecule has 3 atom stereocenters. The van der Waals surface area contributed by atoms with Crippen LogP contribution in [0.25, 0.3) is 0 Å². The summed E-state index contributed by atoms with van der Waals surface area (Å²) in [6.45, 7) is 0.372. The third-order valence-corrected chi connectivity index (χ3v) is 4.83. The summed E-state index contributed by atoms with van der Waals surface area (Å²) in [4.78, 5) is 24.8. The molecule has 2 amide bonds. The number of nitrogens with one attached hydrogen (secondary N) is 2. The number of ether oxygens (including phenoxy) is 1. The van der Waals surface area contributed by atoms with Crippen molar-refractivity contribution in [2.75, 3.05) is 11.9 Å². The second-order valence-corrected chi connectivity index (χ2v) is 7.24. The Morgan fingerprint density at radius 2 is 1.80 bits per heavy atom. The van der Waals surface area contributed by atoms with Crippen molar-refractivity contribution in [3.63, 3.8) is 0 Å². The molecular formula is C21H20F4N2O3. The first kappa shape index (κ1) is 21.6. The number of rotatable bonds is 6. The first-order valence-corrected chi connectivity index (χ1v) is 9.30. The Kier molecular flexibility index (Phi) is 6.28.